The molecule has 1 amide bonds. The highest BCUT2D eigenvalue weighted by atomic mass is 35.5. The van der Waals surface area contributed by atoms with Gasteiger partial charge in [0.15, 0.2) is 0 Å². The number of anilines is 1. The van der Waals surface area contributed by atoms with Crippen molar-refractivity contribution in [2.24, 2.45) is 0 Å². The Labute approximate surface area is 166 Å². The molecule has 0 aliphatic rings. The average Bonchev–Trinajstić information content (AvgIpc) is 3.11. The minimum Gasteiger partial charge on any atom is -0.497 e. The van der Waals surface area contributed by atoms with Crippen LogP contribution in [-0.4, -0.2) is 29.9 Å². The normalized spacial score (nSPS) is 10.5. The predicted molar refractivity (Wildman–Crippen MR) is 105 cm³/mol. The van der Waals surface area contributed by atoms with Gasteiger partial charge in [0, 0.05) is 12.1 Å². The number of nitrogens with one attached hydrogen (secondary N) is 1. The molecule has 0 unspecified atom stereocenters. The summed E-state index contributed by atoms with van der Waals surface area (Å²) in [6.45, 7) is 0.363. The van der Waals surface area contributed by atoms with Gasteiger partial charge in [-0.25, -0.2) is 4.68 Å². The van der Waals surface area contributed by atoms with E-state index < -0.39 is 0 Å². The molecule has 0 spiro atoms. The number of methoxy groups -OCH3 is 2. The lowest BCUT2D eigenvalue weighted by Gasteiger charge is -2.13. The molecule has 27 heavy (non-hydrogen) atoms. The van der Waals surface area contributed by atoms with Gasteiger partial charge >= 0.3 is 0 Å². The molecule has 1 heterocycles. The molecule has 0 aliphatic heterocycles. The maximum atomic E-state index is 12.7. The summed E-state index contributed by atoms with van der Waals surface area (Å²) in [5.74, 6) is 1.21. The van der Waals surface area contributed by atoms with Crippen LogP contribution in [-0.2, 0) is 6.54 Å². The van der Waals surface area contributed by atoms with E-state index in [4.69, 9.17) is 32.7 Å². The number of carbonyl (C=O) groups is 1. The van der Waals surface area contributed by atoms with E-state index in [0.717, 1.165) is 5.56 Å². The first-order valence-corrected chi connectivity index (χ1v) is 8.77. The van der Waals surface area contributed by atoms with Crippen LogP contribution < -0.4 is 14.8 Å². The van der Waals surface area contributed by atoms with E-state index in [-0.39, 0.29) is 5.91 Å². The lowest BCUT2D eigenvalue weighted by atomic mass is 10.1. The van der Waals surface area contributed by atoms with Crippen LogP contribution in [0.5, 0.6) is 11.5 Å². The van der Waals surface area contributed by atoms with Gasteiger partial charge in [0.1, 0.15) is 17.3 Å². The summed E-state index contributed by atoms with van der Waals surface area (Å²) in [6, 6.07) is 12.1. The van der Waals surface area contributed by atoms with E-state index in [1.165, 1.54) is 7.11 Å². The molecular weight excluding hydrogens is 389 g/mol. The lowest BCUT2D eigenvalue weighted by molar-refractivity contribution is 0.102. The van der Waals surface area contributed by atoms with Crippen molar-refractivity contribution >= 4 is 34.9 Å². The van der Waals surface area contributed by atoms with Crippen molar-refractivity contribution in [2.45, 2.75) is 6.54 Å². The number of hydrogen-bond acceptors (Lipinski definition) is 4. The topological polar surface area (TPSA) is 65.4 Å². The van der Waals surface area contributed by atoms with Crippen molar-refractivity contribution in [1.29, 1.82) is 0 Å². The zero-order valence-corrected chi connectivity index (χ0v) is 16.2. The van der Waals surface area contributed by atoms with Gasteiger partial charge in [0.05, 0.1) is 42.6 Å². The lowest BCUT2D eigenvalue weighted by Crippen LogP contribution is -2.17. The Balaban J connectivity index is 1.82. The molecule has 3 aromatic rings. The molecule has 0 saturated heterocycles. The fourth-order valence-corrected chi connectivity index (χ4v) is 2.95. The molecule has 0 bridgehead atoms. The maximum Gasteiger partial charge on any atom is 0.260 e. The Morgan fingerprint density at radius 2 is 1.96 bits per heavy atom. The molecular formula is C19H17Cl2N3O3. The third-order valence-corrected chi connectivity index (χ3v) is 4.82. The SMILES string of the molecule is COc1ccc(C(=O)Nc2ccnn2Cc2cccc(Cl)c2Cl)c(OC)c1. The second kappa shape index (κ2) is 8.33. The molecule has 2 aromatic carbocycles. The number of ether oxygens (including phenoxy) is 2. The molecule has 0 radical (unpaired) electrons. The summed E-state index contributed by atoms with van der Waals surface area (Å²) >= 11 is 12.3. The van der Waals surface area contributed by atoms with E-state index in [1.807, 2.05) is 12.1 Å². The highest BCUT2D eigenvalue weighted by molar-refractivity contribution is 6.42. The largest absolute Gasteiger partial charge is 0.497 e. The van der Waals surface area contributed by atoms with E-state index in [9.17, 15) is 4.79 Å². The van der Waals surface area contributed by atoms with E-state index in [1.54, 1.807) is 48.3 Å². The van der Waals surface area contributed by atoms with Crippen molar-refractivity contribution in [3.8, 4) is 11.5 Å². The van der Waals surface area contributed by atoms with Gasteiger partial charge in [-0.3, -0.25) is 4.79 Å². The van der Waals surface area contributed by atoms with E-state index >= 15 is 0 Å². The number of halogens is 2. The minimum absolute atomic E-state index is 0.326. The quantitative estimate of drug-likeness (QED) is 0.655. The number of benzene rings is 2. The van der Waals surface area contributed by atoms with Crippen molar-refractivity contribution in [1.82, 2.24) is 9.78 Å². The van der Waals surface area contributed by atoms with Gasteiger partial charge in [-0.15, -0.1) is 0 Å². The smallest absolute Gasteiger partial charge is 0.260 e. The van der Waals surface area contributed by atoms with Crippen molar-refractivity contribution in [3.05, 3.63) is 69.8 Å². The predicted octanol–water partition coefficient (Wildman–Crippen LogP) is 4.51. The van der Waals surface area contributed by atoms with Crippen molar-refractivity contribution in [2.75, 3.05) is 19.5 Å². The number of carbonyl (C=O) groups excluding carboxylic acids is 1. The first kappa shape index (κ1) is 19.1. The van der Waals surface area contributed by atoms with Gasteiger partial charge in [0.25, 0.3) is 5.91 Å². The summed E-state index contributed by atoms with van der Waals surface area (Å²) in [6.07, 6.45) is 1.60. The summed E-state index contributed by atoms with van der Waals surface area (Å²) in [5.41, 5.74) is 1.18. The first-order valence-electron chi connectivity index (χ1n) is 8.01. The molecule has 1 aromatic heterocycles. The summed E-state index contributed by atoms with van der Waals surface area (Å²) in [7, 11) is 3.05. The van der Waals surface area contributed by atoms with E-state index in [0.29, 0.717) is 39.5 Å². The Hall–Kier alpha value is -2.70. The van der Waals surface area contributed by atoms with Crippen LogP contribution in [0.4, 0.5) is 5.82 Å². The maximum absolute atomic E-state index is 12.7. The average molecular weight is 406 g/mol. The molecule has 140 valence electrons. The third kappa shape index (κ3) is 4.18. The standard InChI is InChI=1S/C19H17Cl2N3O3/c1-26-13-6-7-14(16(10-13)27-2)19(25)23-17-8-9-22-24(17)11-12-4-3-5-15(20)18(12)21/h3-10H,11H2,1-2H3,(H,23,25). The Morgan fingerprint density at radius 1 is 1.15 bits per heavy atom. The molecule has 0 aliphatic carbocycles. The minimum atomic E-state index is -0.326. The number of amides is 1. The highest BCUT2D eigenvalue weighted by Crippen LogP contribution is 2.28. The molecule has 0 saturated carbocycles. The van der Waals surface area contributed by atoms with Gasteiger partial charge in [-0.1, -0.05) is 35.3 Å². The zero-order valence-electron chi connectivity index (χ0n) is 14.7. The van der Waals surface area contributed by atoms with Gasteiger partial charge < -0.3 is 14.8 Å². The number of nitrogens with zero attached hydrogens (tertiary/aromatic N) is 2. The Morgan fingerprint density at radius 3 is 2.70 bits per heavy atom. The summed E-state index contributed by atoms with van der Waals surface area (Å²) in [4.78, 5) is 12.7. The summed E-state index contributed by atoms with van der Waals surface area (Å²) < 4.78 is 12.1. The second-order valence-electron chi connectivity index (χ2n) is 5.61. The van der Waals surface area contributed by atoms with Crippen molar-refractivity contribution < 1.29 is 14.3 Å². The molecule has 0 fully saturated rings. The second-order valence-corrected chi connectivity index (χ2v) is 6.39. The van der Waals surface area contributed by atoms with Gasteiger partial charge in [0.2, 0.25) is 0 Å². The first-order chi connectivity index (χ1) is 13.0. The van der Waals surface area contributed by atoms with Gasteiger partial charge in [-0.2, -0.15) is 5.10 Å². The number of aromatic nitrogens is 2. The fourth-order valence-electron chi connectivity index (χ4n) is 2.57. The number of rotatable bonds is 6. The molecule has 1 N–H and O–H groups in total. The van der Waals surface area contributed by atoms with Crippen LogP contribution >= 0.6 is 23.2 Å². The Bertz CT molecular complexity index is 973. The molecule has 8 heteroatoms. The zero-order chi connectivity index (χ0) is 19.4. The third-order valence-electron chi connectivity index (χ3n) is 3.96. The number of hydrogen-bond donors (Lipinski definition) is 1. The van der Waals surface area contributed by atoms with Gasteiger partial charge in [-0.05, 0) is 23.8 Å². The van der Waals surface area contributed by atoms with Crippen LogP contribution in [0, 0.1) is 0 Å². The Kier molecular flexibility index (Phi) is 5.88. The fraction of sp³-hybridized carbons (Fsp3) is 0.158. The monoisotopic (exact) mass is 405 g/mol. The van der Waals surface area contributed by atoms with Crippen LogP contribution in [0.1, 0.15) is 15.9 Å². The molecule has 6 nitrogen and oxygen atoms in total. The van der Waals surface area contributed by atoms with Crippen LogP contribution in [0.15, 0.2) is 48.7 Å². The highest BCUT2D eigenvalue weighted by Gasteiger charge is 2.16. The van der Waals surface area contributed by atoms with E-state index in [2.05, 4.69) is 10.4 Å². The summed E-state index contributed by atoms with van der Waals surface area (Å²) in [5, 5.41) is 8.02. The van der Waals surface area contributed by atoms with Crippen LogP contribution in [0.2, 0.25) is 10.0 Å². The molecule has 3 rings (SSSR count). The van der Waals surface area contributed by atoms with Crippen molar-refractivity contribution in [3.63, 3.8) is 0 Å². The van der Waals surface area contributed by atoms with Crippen LogP contribution in [0.3, 0.4) is 0 Å². The molecule has 0 atom stereocenters. The van der Waals surface area contributed by atoms with Crippen LogP contribution in [0.25, 0.3) is 0 Å².